The molecule has 2 N–H and O–H groups in total. The Balaban J connectivity index is 2.29. The molecule has 5 heteroatoms. The molecule has 0 radical (unpaired) electrons. The van der Waals surface area contributed by atoms with E-state index in [9.17, 15) is 0 Å². The molecule has 1 aromatic carbocycles. The summed E-state index contributed by atoms with van der Waals surface area (Å²) in [6.07, 6.45) is 0.692. The maximum absolute atomic E-state index is 6.04. The third-order valence-corrected chi connectivity index (χ3v) is 3.29. The number of fused-ring (bicyclic) bond motifs is 1. The van der Waals surface area contributed by atoms with Crippen LogP contribution in [0.25, 0.3) is 0 Å². The molecule has 0 bridgehead atoms. The normalized spacial score (nSPS) is 16.9. The van der Waals surface area contributed by atoms with E-state index in [1.54, 1.807) is 0 Å². The highest BCUT2D eigenvalue weighted by molar-refractivity contribution is 7.80. The fourth-order valence-corrected chi connectivity index (χ4v) is 2.40. The van der Waals surface area contributed by atoms with Crippen molar-refractivity contribution in [1.82, 2.24) is 0 Å². The minimum Gasteiger partial charge on any atom is -0.484 e. The summed E-state index contributed by atoms with van der Waals surface area (Å²) in [5, 5.41) is 0.706. The van der Waals surface area contributed by atoms with Gasteiger partial charge >= 0.3 is 0 Å². The van der Waals surface area contributed by atoms with E-state index in [4.69, 9.17) is 34.3 Å². The Bertz CT molecular complexity index is 476. The Kier molecular flexibility index (Phi) is 3.69. The molecule has 1 aliphatic heterocycles. The molecule has 1 aromatic rings. The average Bonchev–Trinajstić information content (AvgIpc) is 2.26. The average molecular weight is 285 g/mol. The molecule has 98 valence electrons. The number of rotatable bonds is 3. The van der Waals surface area contributed by atoms with Gasteiger partial charge in [0.2, 0.25) is 0 Å². The molecule has 2 rings (SSSR count). The summed E-state index contributed by atoms with van der Waals surface area (Å²) in [7, 11) is 0. The molecular formula is C13H17ClN2OS. The molecule has 0 atom stereocenters. The first-order chi connectivity index (χ1) is 8.37. The van der Waals surface area contributed by atoms with Gasteiger partial charge in [0, 0.05) is 18.0 Å². The predicted molar refractivity (Wildman–Crippen MR) is 79.8 cm³/mol. The molecule has 0 aromatic heterocycles. The lowest BCUT2D eigenvalue weighted by atomic mass is 10.0. The number of nitrogens with two attached hydrogens (primary N) is 1. The van der Waals surface area contributed by atoms with Gasteiger partial charge < -0.3 is 15.4 Å². The quantitative estimate of drug-likeness (QED) is 0.866. The molecule has 18 heavy (non-hydrogen) atoms. The summed E-state index contributed by atoms with van der Waals surface area (Å²) >= 11 is 11.0. The number of ether oxygens (including phenoxy) is 1. The molecule has 3 nitrogen and oxygen atoms in total. The molecule has 0 amide bonds. The summed E-state index contributed by atoms with van der Waals surface area (Å²) in [6.45, 7) is 5.72. The van der Waals surface area contributed by atoms with Crippen LogP contribution in [0.4, 0.5) is 5.69 Å². The van der Waals surface area contributed by atoms with Crippen LogP contribution < -0.4 is 15.4 Å². The highest BCUT2D eigenvalue weighted by atomic mass is 35.5. The third kappa shape index (κ3) is 3.06. The first kappa shape index (κ1) is 13.4. The number of anilines is 1. The van der Waals surface area contributed by atoms with Crippen molar-refractivity contribution in [3.63, 3.8) is 0 Å². The maximum Gasteiger partial charge on any atom is 0.143 e. The monoisotopic (exact) mass is 284 g/mol. The summed E-state index contributed by atoms with van der Waals surface area (Å²) in [5.74, 6) is 0.860. The number of benzene rings is 1. The van der Waals surface area contributed by atoms with Crippen molar-refractivity contribution < 1.29 is 4.74 Å². The Labute approximate surface area is 118 Å². The van der Waals surface area contributed by atoms with Gasteiger partial charge in [-0.2, -0.15) is 0 Å². The van der Waals surface area contributed by atoms with Crippen LogP contribution in [0.3, 0.4) is 0 Å². The van der Waals surface area contributed by atoms with Gasteiger partial charge in [-0.1, -0.05) is 23.8 Å². The topological polar surface area (TPSA) is 38.5 Å². The van der Waals surface area contributed by atoms with E-state index in [1.807, 2.05) is 18.2 Å². The van der Waals surface area contributed by atoms with Gasteiger partial charge in [-0.05, 0) is 32.0 Å². The minimum atomic E-state index is -0.225. The summed E-state index contributed by atoms with van der Waals surface area (Å²) < 4.78 is 5.95. The highest BCUT2D eigenvalue weighted by Gasteiger charge is 2.31. The van der Waals surface area contributed by atoms with Crippen LogP contribution in [0, 0.1) is 0 Å². The number of hydrogen-bond donors (Lipinski definition) is 1. The van der Waals surface area contributed by atoms with Crippen molar-refractivity contribution in [3.8, 4) is 5.75 Å². The lowest BCUT2D eigenvalue weighted by Crippen LogP contribution is -2.47. The maximum atomic E-state index is 6.04. The smallest absolute Gasteiger partial charge is 0.143 e. The highest BCUT2D eigenvalue weighted by Crippen LogP contribution is 2.38. The Morgan fingerprint density at radius 2 is 2.28 bits per heavy atom. The van der Waals surface area contributed by atoms with Crippen LogP contribution in [-0.4, -0.2) is 23.7 Å². The molecule has 0 saturated carbocycles. The van der Waals surface area contributed by atoms with Crippen LogP contribution in [0.15, 0.2) is 18.2 Å². The summed E-state index contributed by atoms with van der Waals surface area (Å²) in [4.78, 5) is 2.76. The SMILES string of the molecule is CC1(C)CN(CCC(N)=S)c2cc(Cl)ccc2O1. The molecular weight excluding hydrogens is 268 g/mol. The fraction of sp³-hybridized carbons (Fsp3) is 0.462. The first-order valence-corrected chi connectivity index (χ1v) is 6.68. The van der Waals surface area contributed by atoms with Crippen LogP contribution in [0.2, 0.25) is 5.02 Å². The summed E-state index contributed by atoms with van der Waals surface area (Å²) in [5.41, 5.74) is 6.36. The Morgan fingerprint density at radius 1 is 1.56 bits per heavy atom. The van der Waals surface area contributed by atoms with E-state index in [0.717, 1.165) is 24.5 Å². The van der Waals surface area contributed by atoms with Gasteiger partial charge in [-0.3, -0.25) is 0 Å². The van der Waals surface area contributed by atoms with E-state index >= 15 is 0 Å². The van der Waals surface area contributed by atoms with Gasteiger partial charge in [-0.25, -0.2) is 0 Å². The molecule has 0 aliphatic carbocycles. The number of nitrogens with zero attached hydrogens (tertiary/aromatic N) is 1. The van der Waals surface area contributed by atoms with Crippen molar-refractivity contribution in [2.24, 2.45) is 5.73 Å². The van der Waals surface area contributed by atoms with Crippen molar-refractivity contribution in [3.05, 3.63) is 23.2 Å². The van der Waals surface area contributed by atoms with Crippen LogP contribution in [0.5, 0.6) is 5.75 Å². The second-order valence-corrected chi connectivity index (χ2v) is 6.07. The van der Waals surface area contributed by atoms with Crippen molar-refractivity contribution >= 4 is 34.5 Å². The standard InChI is InChI=1S/C13H17ClN2OS/c1-13(2)8-16(6-5-12(15)18)10-7-9(14)3-4-11(10)17-13/h3-4,7H,5-6,8H2,1-2H3,(H2,15,18). The molecule has 1 heterocycles. The second kappa shape index (κ2) is 4.94. The van der Waals surface area contributed by atoms with Crippen LogP contribution in [-0.2, 0) is 0 Å². The van der Waals surface area contributed by atoms with Gasteiger partial charge in [0.05, 0.1) is 17.2 Å². The third-order valence-electron chi connectivity index (χ3n) is 2.85. The van der Waals surface area contributed by atoms with E-state index in [-0.39, 0.29) is 5.60 Å². The Hall–Kier alpha value is -1.00. The Morgan fingerprint density at radius 3 is 2.94 bits per heavy atom. The minimum absolute atomic E-state index is 0.225. The van der Waals surface area contributed by atoms with Gasteiger partial charge in [0.1, 0.15) is 11.4 Å². The molecule has 0 unspecified atom stereocenters. The molecule has 0 fully saturated rings. The zero-order valence-corrected chi connectivity index (χ0v) is 12.1. The van der Waals surface area contributed by atoms with Gasteiger partial charge in [0.25, 0.3) is 0 Å². The van der Waals surface area contributed by atoms with Crippen molar-refractivity contribution in [2.45, 2.75) is 25.9 Å². The summed E-state index contributed by atoms with van der Waals surface area (Å²) in [6, 6.07) is 5.67. The molecule has 1 aliphatic rings. The van der Waals surface area contributed by atoms with E-state index < -0.39 is 0 Å². The van der Waals surface area contributed by atoms with E-state index in [2.05, 4.69) is 18.7 Å². The largest absolute Gasteiger partial charge is 0.484 e. The number of halogens is 1. The van der Waals surface area contributed by atoms with Gasteiger partial charge in [0.15, 0.2) is 0 Å². The fourth-order valence-electron chi connectivity index (χ4n) is 2.14. The molecule has 0 spiro atoms. The van der Waals surface area contributed by atoms with Crippen LogP contribution in [0.1, 0.15) is 20.3 Å². The predicted octanol–water partition coefficient (Wildman–Crippen LogP) is 2.99. The lowest BCUT2D eigenvalue weighted by Gasteiger charge is -2.41. The molecule has 0 saturated heterocycles. The first-order valence-electron chi connectivity index (χ1n) is 5.89. The lowest BCUT2D eigenvalue weighted by molar-refractivity contribution is 0.105. The zero-order valence-electron chi connectivity index (χ0n) is 10.6. The van der Waals surface area contributed by atoms with E-state index in [0.29, 0.717) is 16.4 Å². The number of hydrogen-bond acceptors (Lipinski definition) is 3. The van der Waals surface area contributed by atoms with Crippen molar-refractivity contribution in [1.29, 1.82) is 0 Å². The van der Waals surface area contributed by atoms with Crippen LogP contribution >= 0.6 is 23.8 Å². The number of thiocarbonyl (C=S) groups is 1. The van der Waals surface area contributed by atoms with Gasteiger partial charge in [-0.15, -0.1) is 0 Å². The second-order valence-electron chi connectivity index (χ2n) is 5.11. The zero-order chi connectivity index (χ0) is 13.3. The van der Waals surface area contributed by atoms with Crippen molar-refractivity contribution in [2.75, 3.05) is 18.0 Å². The van der Waals surface area contributed by atoms with E-state index in [1.165, 1.54) is 0 Å².